The van der Waals surface area contributed by atoms with E-state index in [0.29, 0.717) is 0 Å². The Morgan fingerprint density at radius 3 is 1.70 bits per heavy atom. The summed E-state index contributed by atoms with van der Waals surface area (Å²) < 4.78 is 93.9. The van der Waals surface area contributed by atoms with Gasteiger partial charge in [0, 0.05) is 19.1 Å². The SMILES string of the molecule is CCOC(=O)[C@@H]1[C@@H](C(OCC)OCC)C1(C(F)(F)F)C(F)(F)F. The topological polar surface area (TPSA) is 44.8 Å². The largest absolute Gasteiger partial charge is 0.466 e. The van der Waals surface area contributed by atoms with Gasteiger partial charge in [-0.1, -0.05) is 0 Å². The molecule has 0 heterocycles. The molecule has 0 radical (unpaired) electrons. The highest BCUT2D eigenvalue weighted by atomic mass is 19.4. The van der Waals surface area contributed by atoms with Crippen LogP contribution in [0.25, 0.3) is 0 Å². The average Bonchev–Trinajstić information content (AvgIpc) is 3.09. The predicted molar refractivity (Wildman–Crippen MR) is 65.2 cm³/mol. The van der Waals surface area contributed by atoms with Crippen molar-refractivity contribution in [3.05, 3.63) is 0 Å². The first kappa shape index (κ1) is 20.0. The van der Waals surface area contributed by atoms with E-state index in [9.17, 15) is 31.1 Å². The Hall–Kier alpha value is -1.03. The van der Waals surface area contributed by atoms with E-state index in [1.54, 1.807) is 0 Å². The summed E-state index contributed by atoms with van der Waals surface area (Å²) in [6.45, 7) is 3.43. The molecule has 1 aliphatic carbocycles. The van der Waals surface area contributed by atoms with Crippen LogP contribution in [0.2, 0.25) is 0 Å². The second-order valence-electron chi connectivity index (χ2n) is 4.90. The standard InChI is InChI=1S/C13H18F6O4/c1-4-21-9(20)7-8(10(22-5-2)23-6-3)11(7,12(14,15)16)13(17,18)19/h7-8,10H,4-6H2,1-3H3/t7-,8-/m0/s1. The molecule has 0 aromatic heterocycles. The van der Waals surface area contributed by atoms with Gasteiger partial charge in [0.2, 0.25) is 0 Å². The van der Waals surface area contributed by atoms with Crippen LogP contribution in [0.15, 0.2) is 0 Å². The zero-order chi connectivity index (χ0) is 18.1. The first-order chi connectivity index (χ1) is 10.5. The molecular formula is C13H18F6O4. The Morgan fingerprint density at radius 1 is 0.957 bits per heavy atom. The number of rotatable bonds is 7. The molecule has 0 spiro atoms. The number of esters is 1. The van der Waals surface area contributed by atoms with E-state index in [-0.39, 0.29) is 19.8 Å². The summed E-state index contributed by atoms with van der Waals surface area (Å²) in [6.07, 6.45) is -13.2. The third-order valence-electron chi connectivity index (χ3n) is 3.70. The third-order valence-corrected chi connectivity index (χ3v) is 3.70. The van der Waals surface area contributed by atoms with Crippen LogP contribution in [0.1, 0.15) is 20.8 Å². The zero-order valence-corrected chi connectivity index (χ0v) is 12.8. The minimum absolute atomic E-state index is 0.164. The molecule has 0 N–H and O–H groups in total. The molecule has 0 unspecified atom stereocenters. The molecule has 0 bridgehead atoms. The molecular weight excluding hydrogens is 334 g/mol. The lowest BCUT2D eigenvalue weighted by molar-refractivity contribution is -0.319. The first-order valence-corrected chi connectivity index (χ1v) is 7.03. The van der Waals surface area contributed by atoms with Gasteiger partial charge in [-0.15, -0.1) is 0 Å². The first-order valence-electron chi connectivity index (χ1n) is 7.03. The fraction of sp³-hybridized carbons (Fsp3) is 0.923. The Morgan fingerprint density at radius 2 is 1.39 bits per heavy atom. The number of ether oxygens (including phenoxy) is 3. The Balaban J connectivity index is 3.34. The van der Waals surface area contributed by atoms with Crippen LogP contribution in [0.5, 0.6) is 0 Å². The number of halogens is 6. The lowest BCUT2D eigenvalue weighted by Crippen LogP contribution is -2.44. The molecule has 1 aliphatic rings. The van der Waals surface area contributed by atoms with Gasteiger partial charge < -0.3 is 14.2 Å². The van der Waals surface area contributed by atoms with Gasteiger partial charge in [-0.25, -0.2) is 0 Å². The van der Waals surface area contributed by atoms with Crippen molar-refractivity contribution in [3.63, 3.8) is 0 Å². The molecule has 136 valence electrons. The lowest BCUT2D eigenvalue weighted by atomic mass is 10.00. The highest BCUT2D eigenvalue weighted by molar-refractivity contribution is 5.78. The van der Waals surface area contributed by atoms with Gasteiger partial charge in [-0.05, 0) is 20.8 Å². The van der Waals surface area contributed by atoms with Crippen LogP contribution < -0.4 is 0 Å². The number of alkyl halides is 6. The van der Waals surface area contributed by atoms with Gasteiger partial charge in [0.25, 0.3) is 0 Å². The molecule has 0 aliphatic heterocycles. The van der Waals surface area contributed by atoms with Gasteiger partial charge >= 0.3 is 18.3 Å². The van der Waals surface area contributed by atoms with E-state index in [1.807, 2.05) is 0 Å². The Bertz CT molecular complexity index is 400. The average molecular weight is 352 g/mol. The van der Waals surface area contributed by atoms with Crippen LogP contribution >= 0.6 is 0 Å². The second kappa shape index (κ2) is 6.84. The van der Waals surface area contributed by atoms with Gasteiger partial charge in [-0.3, -0.25) is 4.79 Å². The van der Waals surface area contributed by atoms with Crippen molar-refractivity contribution < 1.29 is 45.3 Å². The van der Waals surface area contributed by atoms with Crippen molar-refractivity contribution in [1.29, 1.82) is 0 Å². The van der Waals surface area contributed by atoms with Gasteiger partial charge in [-0.2, -0.15) is 26.3 Å². The highest BCUT2D eigenvalue weighted by Gasteiger charge is 2.93. The summed E-state index contributed by atoms with van der Waals surface area (Å²) in [7, 11) is 0. The van der Waals surface area contributed by atoms with Gasteiger partial charge in [0.1, 0.15) is 0 Å². The molecule has 0 amide bonds. The number of hydrogen-bond donors (Lipinski definition) is 0. The minimum Gasteiger partial charge on any atom is -0.466 e. The monoisotopic (exact) mass is 352 g/mol. The summed E-state index contributed by atoms with van der Waals surface area (Å²) in [4.78, 5) is 11.7. The quantitative estimate of drug-likeness (QED) is 0.401. The van der Waals surface area contributed by atoms with E-state index < -0.39 is 41.9 Å². The molecule has 1 rings (SSSR count). The fourth-order valence-electron chi connectivity index (χ4n) is 2.83. The van der Waals surface area contributed by atoms with Crippen LogP contribution in [0.4, 0.5) is 26.3 Å². The zero-order valence-electron chi connectivity index (χ0n) is 12.8. The van der Waals surface area contributed by atoms with Crippen LogP contribution in [0.3, 0.4) is 0 Å². The third kappa shape index (κ3) is 3.28. The van der Waals surface area contributed by atoms with Crippen molar-refractivity contribution in [2.45, 2.75) is 39.4 Å². The Kier molecular flexibility index (Phi) is 5.95. The smallest absolute Gasteiger partial charge is 0.404 e. The Labute approximate surface area is 129 Å². The maximum atomic E-state index is 13.3. The number of hydrogen-bond acceptors (Lipinski definition) is 4. The number of carbonyl (C=O) groups is 1. The summed E-state index contributed by atoms with van der Waals surface area (Å²) >= 11 is 0. The number of carbonyl (C=O) groups excluding carboxylic acids is 1. The molecule has 0 aromatic rings. The van der Waals surface area contributed by atoms with Crippen molar-refractivity contribution >= 4 is 5.97 Å². The van der Waals surface area contributed by atoms with Gasteiger partial charge in [0.15, 0.2) is 11.7 Å². The maximum Gasteiger partial charge on any atom is 0.404 e. The summed E-state index contributed by atoms with van der Waals surface area (Å²) in [6, 6.07) is 0. The van der Waals surface area contributed by atoms with E-state index >= 15 is 0 Å². The van der Waals surface area contributed by atoms with Crippen molar-refractivity contribution in [2.24, 2.45) is 17.3 Å². The molecule has 4 nitrogen and oxygen atoms in total. The van der Waals surface area contributed by atoms with Crippen molar-refractivity contribution in [3.8, 4) is 0 Å². The molecule has 1 saturated carbocycles. The second-order valence-corrected chi connectivity index (χ2v) is 4.90. The van der Waals surface area contributed by atoms with Gasteiger partial charge in [0.05, 0.1) is 12.5 Å². The van der Waals surface area contributed by atoms with Crippen LogP contribution in [-0.2, 0) is 19.0 Å². The van der Waals surface area contributed by atoms with Crippen molar-refractivity contribution in [1.82, 2.24) is 0 Å². The molecule has 10 heteroatoms. The van der Waals surface area contributed by atoms with Crippen LogP contribution in [0, 0.1) is 17.3 Å². The summed E-state index contributed by atoms with van der Waals surface area (Å²) in [5.41, 5.74) is -4.22. The minimum atomic E-state index is -5.69. The van der Waals surface area contributed by atoms with E-state index in [0.717, 1.165) is 0 Å². The van der Waals surface area contributed by atoms with E-state index in [2.05, 4.69) is 4.74 Å². The van der Waals surface area contributed by atoms with E-state index in [4.69, 9.17) is 9.47 Å². The maximum absolute atomic E-state index is 13.3. The fourth-order valence-corrected chi connectivity index (χ4v) is 2.83. The normalized spacial score (nSPS) is 23.9. The lowest BCUT2D eigenvalue weighted by Gasteiger charge is -2.26. The summed E-state index contributed by atoms with van der Waals surface area (Å²) in [5.74, 6) is -6.23. The van der Waals surface area contributed by atoms with Crippen molar-refractivity contribution in [2.75, 3.05) is 19.8 Å². The highest BCUT2D eigenvalue weighted by Crippen LogP contribution is 2.75. The summed E-state index contributed by atoms with van der Waals surface area (Å²) in [5, 5.41) is 0. The molecule has 0 saturated heterocycles. The van der Waals surface area contributed by atoms with Crippen LogP contribution in [-0.4, -0.2) is 44.4 Å². The molecule has 2 atom stereocenters. The molecule has 23 heavy (non-hydrogen) atoms. The van der Waals surface area contributed by atoms with E-state index in [1.165, 1.54) is 20.8 Å². The predicted octanol–water partition coefficient (Wildman–Crippen LogP) is 3.31. The molecule has 1 fully saturated rings. The molecule has 0 aromatic carbocycles.